The Kier molecular flexibility index (Phi) is 6.87. The number of benzene rings is 2. The van der Waals surface area contributed by atoms with E-state index in [9.17, 15) is 9.59 Å². The number of amides is 2. The zero-order chi connectivity index (χ0) is 26.9. The minimum absolute atomic E-state index is 0.236. The van der Waals surface area contributed by atoms with Crippen LogP contribution in [0.5, 0.6) is 5.75 Å². The molecule has 200 valence electrons. The molecule has 1 N–H and O–H groups in total. The number of carbonyl (C=O) groups excluding carboxylic acids is 2. The summed E-state index contributed by atoms with van der Waals surface area (Å²) in [7, 11) is 1.35. The predicted octanol–water partition coefficient (Wildman–Crippen LogP) is 6.74. The Morgan fingerprint density at radius 3 is 2.72 bits per heavy atom. The number of urea groups is 1. The van der Waals surface area contributed by atoms with Crippen LogP contribution in [0.1, 0.15) is 63.4 Å². The molecule has 0 bridgehead atoms. The van der Waals surface area contributed by atoms with Gasteiger partial charge < -0.3 is 24.3 Å². The van der Waals surface area contributed by atoms with Crippen LogP contribution in [0.3, 0.4) is 0 Å². The highest BCUT2D eigenvalue weighted by molar-refractivity contribution is 7.15. The summed E-state index contributed by atoms with van der Waals surface area (Å²) in [5.74, 6) is 0.328. The van der Waals surface area contributed by atoms with E-state index in [1.807, 2.05) is 41.4 Å². The van der Waals surface area contributed by atoms with Gasteiger partial charge in [-0.25, -0.2) is 9.59 Å². The molecule has 6 rings (SSSR count). The van der Waals surface area contributed by atoms with Crippen LogP contribution in [-0.4, -0.2) is 35.2 Å². The average Bonchev–Trinajstić information content (AvgIpc) is 3.55. The van der Waals surface area contributed by atoms with E-state index in [1.54, 1.807) is 24.3 Å². The Balaban J connectivity index is 1.46. The Bertz CT molecular complexity index is 1540. The Morgan fingerprint density at radius 2 is 1.87 bits per heavy atom. The van der Waals surface area contributed by atoms with Crippen molar-refractivity contribution in [3.63, 3.8) is 0 Å². The number of thiophene rings is 1. The number of aromatic nitrogens is 1. The van der Waals surface area contributed by atoms with Crippen LogP contribution >= 0.6 is 11.3 Å². The van der Waals surface area contributed by atoms with Crippen LogP contribution in [0.2, 0.25) is 0 Å². The number of aryl methyl sites for hydroxylation is 1. The molecule has 0 spiro atoms. The molecule has 4 aromatic rings. The number of anilines is 1. The quantitative estimate of drug-likeness (QED) is 0.284. The molecular weight excluding hydrogens is 510 g/mol. The molecule has 2 aromatic heterocycles. The van der Waals surface area contributed by atoms with E-state index in [4.69, 9.17) is 9.47 Å². The average molecular weight is 542 g/mol. The van der Waals surface area contributed by atoms with Gasteiger partial charge in [0.15, 0.2) is 0 Å². The molecule has 8 heteroatoms. The van der Waals surface area contributed by atoms with Crippen molar-refractivity contribution >= 4 is 29.0 Å². The molecule has 0 saturated heterocycles. The van der Waals surface area contributed by atoms with Gasteiger partial charge in [0.05, 0.1) is 37.6 Å². The summed E-state index contributed by atoms with van der Waals surface area (Å²) in [4.78, 5) is 29.6. The van der Waals surface area contributed by atoms with Gasteiger partial charge in [0.2, 0.25) is 0 Å². The molecular formula is C31H31N3O4S. The second kappa shape index (κ2) is 10.6. The lowest BCUT2D eigenvalue weighted by atomic mass is 9.95. The largest absolute Gasteiger partial charge is 0.494 e. The Labute approximate surface area is 232 Å². The second-order valence-corrected chi connectivity index (χ2v) is 10.9. The monoisotopic (exact) mass is 541 g/mol. The SMILES string of the molecule is CCOc1cccc([C@@H]2c3cccn3-c3sc4c(c3CN2C(=O)Nc2cccc(C(=O)OC)c2)CCCC4)c1. The lowest BCUT2D eigenvalue weighted by Gasteiger charge is -2.31. The molecule has 1 atom stereocenters. The van der Waals surface area contributed by atoms with Gasteiger partial charge in [-0.1, -0.05) is 18.2 Å². The van der Waals surface area contributed by atoms with E-state index in [0.717, 1.165) is 29.8 Å². The Morgan fingerprint density at radius 1 is 1.03 bits per heavy atom. The number of rotatable bonds is 5. The number of esters is 1. The van der Waals surface area contributed by atoms with Crippen molar-refractivity contribution in [2.45, 2.75) is 45.2 Å². The normalized spacial score (nSPS) is 15.9. The van der Waals surface area contributed by atoms with E-state index in [2.05, 4.69) is 34.3 Å². The first kappa shape index (κ1) is 25.2. The molecule has 2 amide bonds. The number of fused-ring (bicyclic) bond motifs is 5. The third-order valence-corrected chi connectivity index (χ3v) is 8.79. The first-order valence-electron chi connectivity index (χ1n) is 13.4. The van der Waals surface area contributed by atoms with Crippen molar-refractivity contribution in [1.82, 2.24) is 9.47 Å². The molecule has 7 nitrogen and oxygen atoms in total. The third-order valence-electron chi connectivity index (χ3n) is 7.46. The van der Waals surface area contributed by atoms with Crippen LogP contribution in [0.4, 0.5) is 10.5 Å². The van der Waals surface area contributed by atoms with Crippen LogP contribution in [0, 0.1) is 0 Å². The van der Waals surface area contributed by atoms with Crippen molar-refractivity contribution < 1.29 is 19.1 Å². The highest BCUT2D eigenvalue weighted by Crippen LogP contribution is 2.44. The minimum Gasteiger partial charge on any atom is -0.494 e. The summed E-state index contributed by atoms with van der Waals surface area (Å²) < 4.78 is 13.0. The van der Waals surface area contributed by atoms with Crippen LogP contribution < -0.4 is 10.1 Å². The standard InChI is InChI=1S/C31H31N3O4S/c1-3-38-23-12-7-9-20(18-23)28-26-14-8-16-33(26)29-25(24-13-4-5-15-27(24)39-29)19-34(28)31(36)32-22-11-6-10-21(17-22)30(35)37-2/h6-12,14,16-18,28H,3-5,13,15,19H2,1-2H3,(H,32,36)/t28-/m1/s1. The zero-order valence-corrected chi connectivity index (χ0v) is 22.9. The number of ether oxygens (including phenoxy) is 2. The number of nitrogens with zero attached hydrogens (tertiary/aromatic N) is 2. The maximum Gasteiger partial charge on any atom is 0.337 e. The number of carbonyl (C=O) groups is 2. The summed E-state index contributed by atoms with van der Waals surface area (Å²) in [6.45, 7) is 3.01. The second-order valence-electron chi connectivity index (χ2n) is 9.84. The summed E-state index contributed by atoms with van der Waals surface area (Å²) in [6.07, 6.45) is 6.62. The van der Waals surface area contributed by atoms with Crippen molar-refractivity contribution in [2.24, 2.45) is 0 Å². The summed E-state index contributed by atoms with van der Waals surface area (Å²) in [6, 6.07) is 18.4. The summed E-state index contributed by atoms with van der Waals surface area (Å²) >= 11 is 1.86. The number of hydrogen-bond donors (Lipinski definition) is 1. The van der Waals surface area contributed by atoms with E-state index in [1.165, 1.54) is 41.0 Å². The van der Waals surface area contributed by atoms with Gasteiger partial charge in [0.25, 0.3) is 0 Å². The van der Waals surface area contributed by atoms with Gasteiger partial charge in [-0.3, -0.25) is 0 Å². The molecule has 39 heavy (non-hydrogen) atoms. The third kappa shape index (κ3) is 4.69. The molecule has 2 aliphatic rings. The topological polar surface area (TPSA) is 72.8 Å². The predicted molar refractivity (Wildman–Crippen MR) is 152 cm³/mol. The van der Waals surface area contributed by atoms with Crippen LogP contribution in [-0.2, 0) is 24.1 Å². The lowest BCUT2D eigenvalue weighted by molar-refractivity contribution is 0.0600. The number of methoxy groups -OCH3 is 1. The van der Waals surface area contributed by atoms with Gasteiger partial charge in [-0.05, 0) is 86.2 Å². The lowest BCUT2D eigenvalue weighted by Crippen LogP contribution is -2.38. The summed E-state index contributed by atoms with van der Waals surface area (Å²) in [5.41, 5.74) is 5.55. The fraction of sp³-hybridized carbons (Fsp3) is 0.290. The van der Waals surface area contributed by atoms with Gasteiger partial charge in [0.1, 0.15) is 10.8 Å². The van der Waals surface area contributed by atoms with Crippen LogP contribution in [0.15, 0.2) is 66.9 Å². The Hall–Kier alpha value is -4.04. The van der Waals surface area contributed by atoms with E-state index in [-0.39, 0.29) is 12.1 Å². The molecule has 1 aliphatic heterocycles. The molecule has 0 radical (unpaired) electrons. The summed E-state index contributed by atoms with van der Waals surface area (Å²) in [5, 5.41) is 4.27. The number of hydrogen-bond acceptors (Lipinski definition) is 5. The van der Waals surface area contributed by atoms with Crippen molar-refractivity contribution in [2.75, 3.05) is 19.0 Å². The van der Waals surface area contributed by atoms with E-state index in [0.29, 0.717) is 24.4 Å². The molecule has 3 heterocycles. The van der Waals surface area contributed by atoms with Crippen LogP contribution in [0.25, 0.3) is 5.00 Å². The maximum absolute atomic E-state index is 14.2. The minimum atomic E-state index is -0.446. The van der Waals surface area contributed by atoms with Gasteiger partial charge in [-0.2, -0.15) is 0 Å². The highest BCUT2D eigenvalue weighted by atomic mass is 32.1. The fourth-order valence-electron chi connectivity index (χ4n) is 5.72. The van der Waals surface area contributed by atoms with E-state index >= 15 is 0 Å². The van der Waals surface area contributed by atoms with Crippen molar-refractivity contribution in [1.29, 1.82) is 0 Å². The van der Waals surface area contributed by atoms with Crippen molar-refractivity contribution in [3.8, 4) is 10.8 Å². The van der Waals surface area contributed by atoms with E-state index < -0.39 is 5.97 Å². The molecule has 2 aromatic carbocycles. The maximum atomic E-state index is 14.2. The zero-order valence-electron chi connectivity index (χ0n) is 22.1. The molecule has 1 aliphatic carbocycles. The van der Waals surface area contributed by atoms with Gasteiger partial charge in [-0.15, -0.1) is 11.3 Å². The highest BCUT2D eigenvalue weighted by Gasteiger charge is 2.36. The first-order chi connectivity index (χ1) is 19.1. The van der Waals surface area contributed by atoms with Gasteiger partial charge in [0, 0.05) is 22.3 Å². The fourth-order valence-corrected chi connectivity index (χ4v) is 7.12. The van der Waals surface area contributed by atoms with Gasteiger partial charge >= 0.3 is 12.0 Å². The molecule has 0 saturated carbocycles. The molecule has 0 unspecified atom stereocenters. The first-order valence-corrected chi connectivity index (χ1v) is 14.2. The van der Waals surface area contributed by atoms with Crippen molar-refractivity contribution in [3.05, 3.63) is 99.7 Å². The smallest absolute Gasteiger partial charge is 0.337 e. The number of nitrogens with one attached hydrogen (secondary N) is 1. The molecule has 0 fully saturated rings.